The van der Waals surface area contributed by atoms with E-state index in [-0.39, 0.29) is 6.42 Å². The average Bonchev–Trinajstić information content (AvgIpc) is 2.02. The highest BCUT2D eigenvalue weighted by Gasteiger charge is 2.41. The lowest BCUT2D eigenvalue weighted by molar-refractivity contribution is -0.212. The highest BCUT2D eigenvalue weighted by atomic mass is 19.4. The summed E-state index contributed by atoms with van der Waals surface area (Å²) >= 11 is 0. The smallest absolute Gasteiger partial charge is 0.384 e. The van der Waals surface area contributed by atoms with Gasteiger partial charge in [-0.2, -0.15) is 13.2 Å². The Labute approximate surface area is 76.9 Å². The number of hydrogen-bond donors (Lipinski definition) is 1. The fraction of sp³-hybridized carbons (Fsp3) is 1.00. The molecule has 0 aliphatic rings. The van der Waals surface area contributed by atoms with Gasteiger partial charge < -0.3 is 5.11 Å². The highest BCUT2D eigenvalue weighted by Crippen LogP contribution is 2.35. The minimum absolute atomic E-state index is 0.205. The molecule has 1 atom stereocenters. The zero-order valence-corrected chi connectivity index (χ0v) is 8.28. The van der Waals surface area contributed by atoms with E-state index in [1.165, 1.54) is 0 Å². The van der Waals surface area contributed by atoms with Gasteiger partial charge >= 0.3 is 6.18 Å². The van der Waals surface area contributed by atoms with Crippen molar-refractivity contribution in [3.05, 3.63) is 0 Å². The molecule has 0 heterocycles. The Morgan fingerprint density at radius 2 is 1.54 bits per heavy atom. The molecule has 0 aliphatic carbocycles. The molecule has 0 rings (SSSR count). The number of hydrogen-bond acceptors (Lipinski definition) is 1. The summed E-state index contributed by atoms with van der Waals surface area (Å²) in [6.45, 7) is 5.45. The van der Waals surface area contributed by atoms with E-state index in [1.807, 2.05) is 13.8 Å². The van der Waals surface area contributed by atoms with Gasteiger partial charge in [-0.25, -0.2) is 0 Å². The Kier molecular flexibility index (Phi) is 4.23. The molecular formula is C9H17F3O. The molecule has 4 heteroatoms. The maximum absolute atomic E-state index is 12.0. The lowest BCUT2D eigenvalue weighted by Crippen LogP contribution is -2.34. The molecule has 0 saturated carbocycles. The number of aliphatic hydroxyl groups is 1. The van der Waals surface area contributed by atoms with Crippen LogP contribution in [0, 0.1) is 5.41 Å². The summed E-state index contributed by atoms with van der Waals surface area (Å²) < 4.78 is 36.0. The van der Waals surface area contributed by atoms with Gasteiger partial charge in [0.1, 0.15) is 6.10 Å². The van der Waals surface area contributed by atoms with E-state index in [9.17, 15) is 13.2 Å². The molecule has 0 bridgehead atoms. The molecule has 0 aromatic carbocycles. The zero-order valence-electron chi connectivity index (χ0n) is 8.28. The van der Waals surface area contributed by atoms with Crippen LogP contribution in [-0.4, -0.2) is 17.4 Å². The van der Waals surface area contributed by atoms with Crippen molar-refractivity contribution in [2.45, 2.75) is 52.3 Å². The normalized spacial score (nSPS) is 15.9. The molecule has 0 saturated heterocycles. The van der Waals surface area contributed by atoms with Crippen molar-refractivity contribution < 1.29 is 18.3 Å². The first-order valence-corrected chi connectivity index (χ1v) is 4.50. The first kappa shape index (κ1) is 12.8. The van der Waals surface area contributed by atoms with Crippen molar-refractivity contribution in [1.29, 1.82) is 0 Å². The first-order valence-electron chi connectivity index (χ1n) is 4.50. The van der Waals surface area contributed by atoms with Gasteiger partial charge in [-0.1, -0.05) is 33.6 Å². The largest absolute Gasteiger partial charge is 0.414 e. The second-order valence-corrected chi connectivity index (χ2v) is 3.78. The fourth-order valence-corrected chi connectivity index (χ4v) is 1.12. The highest BCUT2D eigenvalue weighted by molar-refractivity contribution is 4.78. The summed E-state index contributed by atoms with van der Waals surface area (Å²) in [4.78, 5) is 0. The number of rotatable bonds is 4. The van der Waals surface area contributed by atoms with Crippen LogP contribution in [0.25, 0.3) is 0 Å². The summed E-state index contributed by atoms with van der Waals surface area (Å²) in [7, 11) is 0. The van der Waals surface area contributed by atoms with Gasteiger partial charge in [0, 0.05) is 0 Å². The second kappa shape index (κ2) is 4.31. The maximum Gasteiger partial charge on any atom is 0.414 e. The first-order chi connectivity index (χ1) is 5.75. The Balaban J connectivity index is 4.25. The Morgan fingerprint density at radius 3 is 1.77 bits per heavy atom. The SMILES string of the molecule is CCC(C)(CC)CC(O)C(F)(F)F. The van der Waals surface area contributed by atoms with Crippen LogP contribution >= 0.6 is 0 Å². The van der Waals surface area contributed by atoms with Crippen LogP contribution in [-0.2, 0) is 0 Å². The van der Waals surface area contributed by atoms with E-state index in [1.54, 1.807) is 6.92 Å². The molecule has 0 aromatic heterocycles. The van der Waals surface area contributed by atoms with Crippen molar-refractivity contribution in [2.24, 2.45) is 5.41 Å². The predicted octanol–water partition coefficient (Wildman–Crippen LogP) is 3.13. The van der Waals surface area contributed by atoms with Crippen molar-refractivity contribution in [1.82, 2.24) is 0 Å². The monoisotopic (exact) mass is 198 g/mol. The Morgan fingerprint density at radius 1 is 1.15 bits per heavy atom. The lowest BCUT2D eigenvalue weighted by atomic mass is 9.79. The van der Waals surface area contributed by atoms with Gasteiger partial charge in [0.05, 0.1) is 0 Å². The van der Waals surface area contributed by atoms with Gasteiger partial charge in [0.25, 0.3) is 0 Å². The van der Waals surface area contributed by atoms with Gasteiger partial charge in [0.15, 0.2) is 0 Å². The fourth-order valence-electron chi connectivity index (χ4n) is 1.12. The Bertz CT molecular complexity index is 149. The van der Waals surface area contributed by atoms with E-state index < -0.39 is 17.7 Å². The molecule has 1 N–H and O–H groups in total. The van der Waals surface area contributed by atoms with E-state index in [0.29, 0.717) is 12.8 Å². The molecule has 80 valence electrons. The Hall–Kier alpha value is -0.250. The quantitative estimate of drug-likeness (QED) is 0.735. The maximum atomic E-state index is 12.0. The van der Waals surface area contributed by atoms with Crippen LogP contribution in [0.2, 0.25) is 0 Å². The molecule has 13 heavy (non-hydrogen) atoms. The van der Waals surface area contributed by atoms with E-state index in [2.05, 4.69) is 0 Å². The van der Waals surface area contributed by atoms with Crippen molar-refractivity contribution >= 4 is 0 Å². The third kappa shape index (κ3) is 3.98. The summed E-state index contributed by atoms with van der Waals surface area (Å²) in [6.07, 6.45) is -5.57. The van der Waals surface area contributed by atoms with Crippen LogP contribution in [0.5, 0.6) is 0 Å². The molecule has 0 spiro atoms. The molecule has 1 unspecified atom stereocenters. The summed E-state index contributed by atoms with van der Waals surface area (Å²) in [5.74, 6) is 0. The summed E-state index contributed by atoms with van der Waals surface area (Å²) in [5, 5.41) is 8.86. The number of alkyl halides is 3. The van der Waals surface area contributed by atoms with E-state index in [0.717, 1.165) is 0 Å². The van der Waals surface area contributed by atoms with Crippen LogP contribution < -0.4 is 0 Å². The second-order valence-electron chi connectivity index (χ2n) is 3.78. The lowest BCUT2D eigenvalue weighted by Gasteiger charge is -2.29. The number of halogens is 3. The molecular weight excluding hydrogens is 181 g/mol. The molecule has 0 radical (unpaired) electrons. The average molecular weight is 198 g/mol. The van der Waals surface area contributed by atoms with Crippen LogP contribution in [0.3, 0.4) is 0 Å². The third-order valence-corrected chi connectivity index (χ3v) is 2.77. The van der Waals surface area contributed by atoms with Crippen LogP contribution in [0.15, 0.2) is 0 Å². The minimum Gasteiger partial charge on any atom is -0.384 e. The molecule has 0 aliphatic heterocycles. The van der Waals surface area contributed by atoms with E-state index >= 15 is 0 Å². The van der Waals surface area contributed by atoms with Crippen LogP contribution in [0.4, 0.5) is 13.2 Å². The molecule has 1 nitrogen and oxygen atoms in total. The van der Waals surface area contributed by atoms with E-state index in [4.69, 9.17) is 5.11 Å². The zero-order chi connectivity index (χ0) is 10.7. The third-order valence-electron chi connectivity index (χ3n) is 2.77. The van der Waals surface area contributed by atoms with Gasteiger partial charge in [-0.15, -0.1) is 0 Å². The van der Waals surface area contributed by atoms with Crippen LogP contribution in [0.1, 0.15) is 40.0 Å². The topological polar surface area (TPSA) is 20.2 Å². The van der Waals surface area contributed by atoms with Crippen molar-refractivity contribution in [2.75, 3.05) is 0 Å². The summed E-state index contributed by atoms with van der Waals surface area (Å²) in [6, 6.07) is 0. The number of aliphatic hydroxyl groups excluding tert-OH is 1. The van der Waals surface area contributed by atoms with Crippen molar-refractivity contribution in [3.8, 4) is 0 Å². The van der Waals surface area contributed by atoms with Crippen molar-refractivity contribution in [3.63, 3.8) is 0 Å². The van der Waals surface area contributed by atoms with Gasteiger partial charge in [-0.05, 0) is 11.8 Å². The molecule has 0 amide bonds. The predicted molar refractivity (Wildman–Crippen MR) is 45.4 cm³/mol. The standard InChI is InChI=1S/C9H17F3O/c1-4-8(3,5-2)6-7(13)9(10,11)12/h7,13H,4-6H2,1-3H3. The van der Waals surface area contributed by atoms with Gasteiger partial charge in [-0.3, -0.25) is 0 Å². The summed E-state index contributed by atoms with van der Waals surface area (Å²) in [5.41, 5.74) is -0.408. The minimum atomic E-state index is -4.48. The van der Waals surface area contributed by atoms with Gasteiger partial charge in [0.2, 0.25) is 0 Å². The molecule has 0 fully saturated rings. The molecule has 0 aromatic rings.